The van der Waals surface area contributed by atoms with Gasteiger partial charge in [-0.2, -0.15) is 0 Å². The molecule has 0 aliphatic heterocycles. The van der Waals surface area contributed by atoms with E-state index in [1.807, 2.05) is 86.6 Å². The number of esters is 1. The third-order valence-corrected chi connectivity index (χ3v) is 23.1. The summed E-state index contributed by atoms with van der Waals surface area (Å²) >= 11 is 7.88. The lowest BCUT2D eigenvalue weighted by atomic mass is 9.80. The third-order valence-electron chi connectivity index (χ3n) is 21.8. The highest BCUT2D eigenvalue weighted by atomic mass is 79.9. The van der Waals surface area contributed by atoms with Crippen molar-refractivity contribution >= 4 is 117 Å². The highest BCUT2D eigenvalue weighted by Crippen LogP contribution is 2.48. The molecule has 2 amide bonds. The van der Waals surface area contributed by atoms with Crippen molar-refractivity contribution in [3.8, 4) is 44.5 Å². The average molecular weight is 1730 g/mol. The molecule has 11 aromatic carbocycles. The monoisotopic (exact) mass is 1730 g/mol. The summed E-state index contributed by atoms with van der Waals surface area (Å²) in [5.41, 5.74) is 16.9. The van der Waals surface area contributed by atoms with Crippen LogP contribution in [-0.4, -0.2) is 52.1 Å². The number of unbranched alkanes of at least 4 members (excludes halogenated alkanes) is 20. The second kappa shape index (κ2) is 47.0. The van der Waals surface area contributed by atoms with Gasteiger partial charge < -0.3 is 24.3 Å². The Labute approximate surface area is 729 Å². The van der Waals surface area contributed by atoms with Crippen molar-refractivity contribution < 1.29 is 38.6 Å². The van der Waals surface area contributed by atoms with Crippen LogP contribution in [0.5, 0.6) is 0 Å². The van der Waals surface area contributed by atoms with Crippen molar-refractivity contribution in [1.29, 1.82) is 0 Å². The maximum absolute atomic E-state index is 12.6. The number of hydrogen-bond acceptors (Lipinski definition) is 8. The number of carbonyl (C=O) groups excluding carboxylic acids is 3. The van der Waals surface area contributed by atoms with Crippen LogP contribution in [0.1, 0.15) is 272 Å². The molecular formula is C106H133BBr2N2O8. The van der Waals surface area contributed by atoms with E-state index >= 15 is 0 Å². The molecule has 0 radical (unpaired) electrons. The van der Waals surface area contributed by atoms with Crippen LogP contribution in [0, 0.1) is 0 Å². The number of nitrogens with one attached hydrogen (secondary N) is 2. The lowest BCUT2D eigenvalue weighted by Gasteiger charge is -2.23. The first-order valence-corrected chi connectivity index (χ1v) is 46.1. The fraction of sp³-hybridized carbons (Fsp3) is 0.425. The van der Waals surface area contributed by atoms with Crippen LogP contribution < -0.4 is 16.1 Å². The van der Waals surface area contributed by atoms with Gasteiger partial charge in [0.05, 0.1) is 6.42 Å². The summed E-state index contributed by atoms with van der Waals surface area (Å²) in [6, 6.07) is 68.5. The molecule has 119 heavy (non-hydrogen) atoms. The minimum atomic E-state index is -1.48. The number of rotatable bonds is 37. The van der Waals surface area contributed by atoms with E-state index in [2.05, 4.69) is 216 Å². The van der Waals surface area contributed by atoms with E-state index in [1.165, 1.54) is 249 Å². The van der Waals surface area contributed by atoms with E-state index in [1.54, 1.807) is 24.3 Å². The summed E-state index contributed by atoms with van der Waals surface area (Å²) < 4.78 is 18.7. The second-order valence-electron chi connectivity index (χ2n) is 35.2. The van der Waals surface area contributed by atoms with Crippen LogP contribution in [0.15, 0.2) is 203 Å². The Balaban J connectivity index is 0.000000245. The van der Waals surface area contributed by atoms with Gasteiger partial charge in [-0.3, -0.25) is 15.4 Å². The fourth-order valence-electron chi connectivity index (χ4n) is 16.1. The Morgan fingerprint density at radius 2 is 0.597 bits per heavy atom. The molecule has 0 atom stereocenters. The Hall–Kier alpha value is -8.59. The zero-order valence-electron chi connectivity index (χ0n) is 73.7. The molecule has 0 saturated heterocycles. The number of benzene rings is 11. The smallest absolute Gasteiger partial charge is 0.460 e. The molecule has 0 unspecified atom stereocenters. The number of carbonyl (C=O) groups is 3. The van der Waals surface area contributed by atoms with Crippen LogP contribution in [-0.2, 0) is 51.1 Å². The van der Waals surface area contributed by atoms with Crippen molar-refractivity contribution in [2.24, 2.45) is 0 Å². The van der Waals surface area contributed by atoms with Gasteiger partial charge in [-0.05, 0) is 283 Å². The highest BCUT2D eigenvalue weighted by Gasteiger charge is 2.26. The van der Waals surface area contributed by atoms with Gasteiger partial charge in [0.25, 0.3) is 0 Å². The molecule has 4 N–H and O–H groups in total. The molecule has 0 heterocycles. The molecule has 0 fully saturated rings. The van der Waals surface area contributed by atoms with Gasteiger partial charge in [-0.25, -0.2) is 9.59 Å². The van der Waals surface area contributed by atoms with Crippen molar-refractivity contribution in [2.75, 3.05) is 10.6 Å². The third kappa shape index (κ3) is 29.1. The SMILES string of the molecule is CC(C)(C)OC(=O)Cc1ccc(B(O)O)cc1.CCCCCCCCc1cc(-c2ccc(NC(=O)OC(C)(C)C)cc2)c2ccccc2c1-c1c(CCCCCCCC)cc(-c2ccc(NC(=O)OC(C)(C)C)cc2)c2ccccc12.CCCCCCCCc1cc(Br)c2ccccc2c1-c1c(CCCCCCCC)cc(Br)c2ccccc12. The summed E-state index contributed by atoms with van der Waals surface area (Å²) in [6.45, 7) is 25.8. The van der Waals surface area contributed by atoms with E-state index < -0.39 is 36.1 Å². The number of ether oxygens (including phenoxy) is 3. The molecular weight excluding hydrogens is 1600 g/mol. The number of fused-ring (bicyclic) bond motifs is 4. The first-order valence-electron chi connectivity index (χ1n) is 44.6. The van der Waals surface area contributed by atoms with Gasteiger partial charge in [-0.15, -0.1) is 0 Å². The Bertz CT molecular complexity index is 4780. The predicted molar refractivity (Wildman–Crippen MR) is 514 cm³/mol. The van der Waals surface area contributed by atoms with Gasteiger partial charge in [0, 0.05) is 20.3 Å². The molecule has 0 aliphatic rings. The normalized spacial score (nSPS) is 11.6. The van der Waals surface area contributed by atoms with E-state index in [-0.39, 0.29) is 12.4 Å². The molecule has 0 aliphatic carbocycles. The number of aryl methyl sites for hydroxylation is 4. The first kappa shape index (κ1) is 94.3. The molecule has 10 nitrogen and oxygen atoms in total. The van der Waals surface area contributed by atoms with Crippen LogP contribution in [0.25, 0.3) is 87.6 Å². The topological polar surface area (TPSA) is 143 Å². The van der Waals surface area contributed by atoms with Crippen molar-refractivity contribution in [3.05, 3.63) is 231 Å². The zero-order valence-corrected chi connectivity index (χ0v) is 76.8. The molecule has 11 rings (SSSR count). The van der Waals surface area contributed by atoms with Gasteiger partial charge in [0.1, 0.15) is 16.8 Å². The van der Waals surface area contributed by atoms with Crippen LogP contribution >= 0.6 is 31.9 Å². The fourth-order valence-corrected chi connectivity index (χ4v) is 17.4. The minimum Gasteiger partial charge on any atom is -0.460 e. The summed E-state index contributed by atoms with van der Waals surface area (Å²) in [5.74, 6) is -0.296. The summed E-state index contributed by atoms with van der Waals surface area (Å²) in [7, 11) is -1.48. The molecule has 11 aromatic rings. The van der Waals surface area contributed by atoms with E-state index in [4.69, 9.17) is 24.3 Å². The Kier molecular flexibility index (Phi) is 37.2. The Morgan fingerprint density at radius 3 is 0.891 bits per heavy atom. The molecule has 0 saturated carbocycles. The summed E-state index contributed by atoms with van der Waals surface area (Å²) in [5, 5.41) is 34.0. The maximum atomic E-state index is 12.6. The lowest BCUT2D eigenvalue weighted by Crippen LogP contribution is -2.29. The molecule has 0 aromatic heterocycles. The van der Waals surface area contributed by atoms with Crippen molar-refractivity contribution in [3.63, 3.8) is 0 Å². The molecule has 632 valence electrons. The van der Waals surface area contributed by atoms with Crippen LogP contribution in [0.2, 0.25) is 0 Å². The molecule has 0 bridgehead atoms. The second-order valence-corrected chi connectivity index (χ2v) is 37.0. The van der Waals surface area contributed by atoms with E-state index in [0.29, 0.717) is 16.8 Å². The van der Waals surface area contributed by atoms with Gasteiger partial charge in [-0.1, -0.05) is 334 Å². The molecule has 0 spiro atoms. The number of halogens is 2. The van der Waals surface area contributed by atoms with Crippen LogP contribution in [0.4, 0.5) is 21.0 Å². The maximum Gasteiger partial charge on any atom is 0.488 e. The number of amides is 2. The zero-order chi connectivity index (χ0) is 85.5. The Morgan fingerprint density at radius 1 is 0.328 bits per heavy atom. The summed E-state index contributed by atoms with van der Waals surface area (Å²) in [4.78, 5) is 36.8. The number of anilines is 2. The highest BCUT2D eigenvalue weighted by molar-refractivity contribution is 9.11. The first-order chi connectivity index (χ1) is 57.2. The van der Waals surface area contributed by atoms with E-state index in [0.717, 1.165) is 55.2 Å². The largest absolute Gasteiger partial charge is 0.488 e. The molecule has 13 heteroatoms. The van der Waals surface area contributed by atoms with Gasteiger partial charge >= 0.3 is 25.3 Å². The predicted octanol–water partition coefficient (Wildman–Crippen LogP) is 30.7. The van der Waals surface area contributed by atoms with Gasteiger partial charge in [0.2, 0.25) is 0 Å². The van der Waals surface area contributed by atoms with Crippen molar-refractivity contribution in [2.45, 2.75) is 293 Å². The average Bonchev–Trinajstić information content (AvgIpc) is 0.749. The summed E-state index contributed by atoms with van der Waals surface area (Å²) in [6.07, 6.45) is 34.2. The minimum absolute atomic E-state index is 0.180. The van der Waals surface area contributed by atoms with Gasteiger partial charge in [0.15, 0.2) is 0 Å². The van der Waals surface area contributed by atoms with Crippen molar-refractivity contribution in [1.82, 2.24) is 0 Å². The van der Waals surface area contributed by atoms with Crippen LogP contribution in [0.3, 0.4) is 0 Å². The lowest BCUT2D eigenvalue weighted by molar-refractivity contribution is -0.153. The standard InChI is InChI=1S/C58H72N2O4.C36H44Br2.C12H17BO4/c1-9-11-13-15-17-19-25-43-39-51(41-31-35-45(36-32-41)59-55(61)63-57(3,4)5)47-27-21-23-29-49(47)53(43)54-44(26-20-18-16-14-12-10-2)40-52(48-28-22-24-30-50(48)54)42-33-37-46(38-34-42)60-56(62)64-58(6,7)8;1-3-5-7-9-11-13-19-27-25-33(37)29-21-15-17-23-31(29)35(27)36-28(20-14-12-10-8-6-4-2)26-34(38)30-22-16-18-24-32(30)36;1-12(2,3)17-11(14)8-9-4-6-10(7-5-9)13(15)16/h21-24,27-40H,9-20,25-26H2,1-8H3,(H,59,61)(H,60,62);15-18,21-26H,3-14,19-20H2,1-2H3;4-7,15-16H,8H2,1-3H3. The number of hydrogen-bond donors (Lipinski definition) is 4. The van der Waals surface area contributed by atoms with E-state index in [9.17, 15) is 14.4 Å². The quantitative estimate of drug-likeness (QED) is 0.0130.